The Kier molecular flexibility index (Phi) is 5.82. The highest BCUT2D eigenvalue weighted by Gasteiger charge is 2.21. The fraction of sp³-hybridized carbons (Fsp3) is 0.750. The average Bonchev–Trinajstić information content (AvgIpc) is 2.15. The van der Waals surface area contributed by atoms with Crippen LogP contribution in [0.25, 0.3) is 0 Å². The van der Waals surface area contributed by atoms with E-state index >= 15 is 0 Å². The standard InChI is InChI=1S/C8H16N2O4/c1-2-5(9)7(12)10-6(3-4-11)8(13)14/h5-6,11H,2-4,9H2,1H3,(H,10,12)(H,13,14)/t5-,6-/m1/s1. The summed E-state index contributed by atoms with van der Waals surface area (Å²) in [6, 6.07) is -1.76. The molecule has 14 heavy (non-hydrogen) atoms. The second kappa shape index (κ2) is 6.33. The SMILES string of the molecule is CC[C@@H](N)C(=O)N[C@H](CCO)C(=O)O. The highest BCUT2D eigenvalue weighted by Crippen LogP contribution is 1.94. The van der Waals surface area contributed by atoms with Crippen molar-refractivity contribution in [2.24, 2.45) is 5.73 Å². The van der Waals surface area contributed by atoms with Gasteiger partial charge < -0.3 is 21.3 Å². The Bertz CT molecular complexity index is 208. The summed E-state index contributed by atoms with van der Waals surface area (Å²) in [6.07, 6.45) is 0.425. The number of rotatable bonds is 6. The van der Waals surface area contributed by atoms with Gasteiger partial charge in [-0.05, 0) is 6.42 Å². The first kappa shape index (κ1) is 12.9. The minimum Gasteiger partial charge on any atom is -0.480 e. The van der Waals surface area contributed by atoms with Crippen LogP contribution >= 0.6 is 0 Å². The van der Waals surface area contributed by atoms with Crippen LogP contribution in [0.4, 0.5) is 0 Å². The van der Waals surface area contributed by atoms with Crippen LogP contribution in [-0.2, 0) is 9.59 Å². The Morgan fingerprint density at radius 1 is 1.50 bits per heavy atom. The molecule has 0 saturated carbocycles. The van der Waals surface area contributed by atoms with Crippen molar-refractivity contribution in [2.75, 3.05) is 6.61 Å². The van der Waals surface area contributed by atoms with Crippen LogP contribution in [0.1, 0.15) is 19.8 Å². The van der Waals surface area contributed by atoms with Gasteiger partial charge >= 0.3 is 5.97 Å². The van der Waals surface area contributed by atoms with E-state index in [1.165, 1.54) is 0 Å². The molecule has 0 aliphatic heterocycles. The summed E-state index contributed by atoms with van der Waals surface area (Å²) >= 11 is 0. The molecule has 0 saturated heterocycles. The van der Waals surface area contributed by atoms with Gasteiger partial charge in [0.15, 0.2) is 0 Å². The number of carboxylic acid groups (broad SMARTS) is 1. The first-order chi connectivity index (χ1) is 6.52. The van der Waals surface area contributed by atoms with E-state index in [0.717, 1.165) is 0 Å². The maximum atomic E-state index is 11.2. The molecule has 0 rings (SSSR count). The zero-order chi connectivity index (χ0) is 11.1. The van der Waals surface area contributed by atoms with Gasteiger partial charge in [0.05, 0.1) is 6.04 Å². The Labute approximate surface area is 82.1 Å². The lowest BCUT2D eigenvalue weighted by atomic mass is 10.1. The summed E-state index contributed by atoms with van der Waals surface area (Å²) in [5.41, 5.74) is 5.39. The number of hydrogen-bond acceptors (Lipinski definition) is 4. The third kappa shape index (κ3) is 4.20. The Hall–Kier alpha value is -1.14. The first-order valence-corrected chi connectivity index (χ1v) is 4.42. The normalized spacial score (nSPS) is 14.5. The molecule has 0 aromatic heterocycles. The van der Waals surface area contributed by atoms with Crippen LogP contribution in [0.5, 0.6) is 0 Å². The van der Waals surface area contributed by atoms with E-state index in [4.69, 9.17) is 15.9 Å². The molecule has 0 bridgehead atoms. The summed E-state index contributed by atoms with van der Waals surface area (Å²) < 4.78 is 0. The Morgan fingerprint density at radius 2 is 2.07 bits per heavy atom. The van der Waals surface area contributed by atoms with E-state index in [1.54, 1.807) is 6.92 Å². The molecule has 0 heterocycles. The quantitative estimate of drug-likeness (QED) is 0.428. The molecule has 2 atom stereocenters. The van der Waals surface area contributed by atoms with Crippen LogP contribution in [-0.4, -0.2) is 40.8 Å². The van der Waals surface area contributed by atoms with E-state index in [-0.39, 0.29) is 13.0 Å². The molecular formula is C8H16N2O4. The van der Waals surface area contributed by atoms with Crippen molar-refractivity contribution >= 4 is 11.9 Å². The van der Waals surface area contributed by atoms with E-state index < -0.39 is 24.0 Å². The van der Waals surface area contributed by atoms with E-state index in [0.29, 0.717) is 6.42 Å². The predicted octanol–water partition coefficient (Wildman–Crippen LogP) is -1.32. The maximum Gasteiger partial charge on any atom is 0.326 e. The molecular weight excluding hydrogens is 188 g/mol. The van der Waals surface area contributed by atoms with Crippen LogP contribution in [0.15, 0.2) is 0 Å². The van der Waals surface area contributed by atoms with Crippen molar-refractivity contribution in [1.82, 2.24) is 5.32 Å². The lowest BCUT2D eigenvalue weighted by Gasteiger charge is -2.15. The minimum atomic E-state index is -1.17. The minimum absolute atomic E-state index is 0.0164. The smallest absolute Gasteiger partial charge is 0.326 e. The zero-order valence-electron chi connectivity index (χ0n) is 8.06. The van der Waals surface area contributed by atoms with Crippen LogP contribution in [0.2, 0.25) is 0 Å². The van der Waals surface area contributed by atoms with Crippen LogP contribution in [0.3, 0.4) is 0 Å². The highest BCUT2D eigenvalue weighted by molar-refractivity contribution is 5.86. The second-order valence-electron chi connectivity index (χ2n) is 2.93. The van der Waals surface area contributed by atoms with Gasteiger partial charge in [-0.25, -0.2) is 4.79 Å². The highest BCUT2D eigenvalue weighted by atomic mass is 16.4. The number of amides is 1. The molecule has 5 N–H and O–H groups in total. The number of carboxylic acids is 1. The average molecular weight is 204 g/mol. The molecule has 6 nitrogen and oxygen atoms in total. The monoisotopic (exact) mass is 204 g/mol. The largest absolute Gasteiger partial charge is 0.480 e. The van der Waals surface area contributed by atoms with Crippen LogP contribution < -0.4 is 11.1 Å². The van der Waals surface area contributed by atoms with Gasteiger partial charge in [-0.1, -0.05) is 6.92 Å². The summed E-state index contributed by atoms with van der Waals surface area (Å²) in [6.45, 7) is 1.44. The molecule has 0 aromatic rings. The molecule has 6 heteroatoms. The number of aliphatic hydroxyl groups is 1. The van der Waals surface area contributed by atoms with E-state index in [1.807, 2.05) is 0 Å². The molecule has 0 aliphatic rings. The second-order valence-corrected chi connectivity index (χ2v) is 2.93. The van der Waals surface area contributed by atoms with Crippen molar-refractivity contribution in [3.8, 4) is 0 Å². The van der Waals surface area contributed by atoms with Crippen molar-refractivity contribution in [3.63, 3.8) is 0 Å². The number of hydrogen-bond donors (Lipinski definition) is 4. The number of aliphatic hydroxyl groups excluding tert-OH is 1. The number of carbonyl (C=O) groups excluding carboxylic acids is 1. The maximum absolute atomic E-state index is 11.2. The molecule has 0 spiro atoms. The lowest BCUT2D eigenvalue weighted by Crippen LogP contribution is -2.48. The molecule has 0 fully saturated rings. The van der Waals surface area contributed by atoms with E-state index in [9.17, 15) is 9.59 Å². The summed E-state index contributed by atoms with van der Waals surface area (Å²) in [7, 11) is 0. The van der Waals surface area contributed by atoms with Crippen molar-refractivity contribution in [2.45, 2.75) is 31.8 Å². The van der Waals surface area contributed by atoms with Gasteiger partial charge in [0.2, 0.25) is 5.91 Å². The number of nitrogens with one attached hydrogen (secondary N) is 1. The predicted molar refractivity (Wildman–Crippen MR) is 49.5 cm³/mol. The Morgan fingerprint density at radius 3 is 2.43 bits per heavy atom. The number of nitrogens with two attached hydrogens (primary N) is 1. The number of aliphatic carboxylic acids is 1. The fourth-order valence-corrected chi connectivity index (χ4v) is 0.851. The third-order valence-corrected chi connectivity index (χ3v) is 1.81. The zero-order valence-corrected chi connectivity index (χ0v) is 8.06. The van der Waals surface area contributed by atoms with Crippen molar-refractivity contribution < 1.29 is 19.8 Å². The summed E-state index contributed by atoms with van der Waals surface area (Å²) in [5, 5.41) is 19.4. The van der Waals surface area contributed by atoms with Crippen molar-refractivity contribution in [1.29, 1.82) is 0 Å². The Balaban J connectivity index is 4.15. The lowest BCUT2D eigenvalue weighted by molar-refractivity contribution is -0.142. The van der Waals surface area contributed by atoms with Gasteiger partial charge in [-0.2, -0.15) is 0 Å². The third-order valence-electron chi connectivity index (χ3n) is 1.81. The fourth-order valence-electron chi connectivity index (χ4n) is 0.851. The summed E-state index contributed by atoms with van der Waals surface area (Å²) in [5.74, 6) is -1.68. The van der Waals surface area contributed by atoms with Gasteiger partial charge in [0, 0.05) is 13.0 Å². The topological polar surface area (TPSA) is 113 Å². The molecule has 0 radical (unpaired) electrons. The van der Waals surface area contributed by atoms with Gasteiger partial charge in [0.25, 0.3) is 0 Å². The van der Waals surface area contributed by atoms with Gasteiger partial charge in [0.1, 0.15) is 6.04 Å². The van der Waals surface area contributed by atoms with Crippen molar-refractivity contribution in [3.05, 3.63) is 0 Å². The summed E-state index contributed by atoms with van der Waals surface area (Å²) in [4.78, 5) is 21.8. The molecule has 82 valence electrons. The van der Waals surface area contributed by atoms with E-state index in [2.05, 4.69) is 5.32 Å². The first-order valence-electron chi connectivity index (χ1n) is 4.42. The van der Waals surface area contributed by atoms with Gasteiger partial charge in [-0.15, -0.1) is 0 Å². The van der Waals surface area contributed by atoms with Crippen LogP contribution in [0, 0.1) is 0 Å². The molecule has 0 unspecified atom stereocenters. The molecule has 0 aromatic carbocycles. The molecule has 0 aliphatic carbocycles. The molecule has 1 amide bonds. The van der Waals surface area contributed by atoms with Gasteiger partial charge in [-0.3, -0.25) is 4.79 Å². The number of carbonyl (C=O) groups is 2.